The van der Waals surface area contributed by atoms with Crippen molar-refractivity contribution in [3.63, 3.8) is 0 Å². The normalized spacial score (nSPS) is 36.6. The predicted molar refractivity (Wildman–Crippen MR) is 220 cm³/mol. The second-order valence-electron chi connectivity index (χ2n) is 19.8. The van der Waals surface area contributed by atoms with E-state index in [4.69, 9.17) is 11.3 Å². The van der Waals surface area contributed by atoms with Crippen molar-refractivity contribution < 1.29 is 24.2 Å². The number of esters is 1. The summed E-state index contributed by atoms with van der Waals surface area (Å²) in [5.41, 5.74) is 3.50. The molecule has 1 heterocycles. The maximum absolute atomic E-state index is 14.8. The Bertz CT molecular complexity index is 1950. The van der Waals surface area contributed by atoms with Gasteiger partial charge in [-0.05, 0) is 152 Å². The molecule has 306 valence electrons. The molecule has 4 unspecified atom stereocenters. The zero-order valence-electron chi connectivity index (χ0n) is 35.2. The van der Waals surface area contributed by atoms with Crippen LogP contribution in [0, 0.1) is 63.2 Å². The first kappa shape index (κ1) is 41.1. The number of fused-ring (bicyclic) bond motifs is 7. The minimum Gasteiger partial charge on any atom is -0.465 e. The van der Waals surface area contributed by atoms with Crippen molar-refractivity contribution in [2.45, 2.75) is 125 Å². The maximum atomic E-state index is 14.8. The van der Waals surface area contributed by atoms with Gasteiger partial charge in [0.1, 0.15) is 0 Å². The van der Waals surface area contributed by atoms with Crippen LogP contribution in [0.15, 0.2) is 54.4 Å². The van der Waals surface area contributed by atoms with E-state index in [1.54, 1.807) is 24.4 Å². The predicted octanol–water partition coefficient (Wildman–Crippen LogP) is 8.72. The largest absolute Gasteiger partial charge is 0.465 e. The van der Waals surface area contributed by atoms with Gasteiger partial charge >= 0.3 is 5.97 Å². The molecule has 5 aliphatic rings. The number of aromatic nitrogens is 1. The van der Waals surface area contributed by atoms with Crippen LogP contribution >= 0.6 is 0 Å². The Morgan fingerprint density at radius 2 is 1.70 bits per heavy atom. The summed E-state index contributed by atoms with van der Waals surface area (Å²) in [5.74, 6) is 1.40. The van der Waals surface area contributed by atoms with E-state index >= 15 is 0 Å². The van der Waals surface area contributed by atoms with Crippen molar-refractivity contribution in [3.05, 3.63) is 88.2 Å². The van der Waals surface area contributed by atoms with E-state index in [1.165, 1.54) is 26.1 Å². The Labute approximate surface area is 340 Å². The van der Waals surface area contributed by atoms with Crippen molar-refractivity contribution in [1.82, 2.24) is 15.6 Å². The van der Waals surface area contributed by atoms with E-state index in [-0.39, 0.29) is 58.0 Å². The molecule has 9 heteroatoms. The molecular weight excluding hydrogens is 713 g/mol. The number of methoxy groups -OCH3 is 1. The number of amides is 2. The highest BCUT2D eigenvalue weighted by Crippen LogP contribution is 2.77. The fourth-order valence-corrected chi connectivity index (χ4v) is 14.1. The molecule has 0 radical (unpaired) electrons. The first-order valence-electron chi connectivity index (χ1n) is 21.5. The molecule has 0 bridgehead atoms. The number of pyridine rings is 1. The Morgan fingerprint density at radius 1 is 0.912 bits per heavy atom. The van der Waals surface area contributed by atoms with Crippen molar-refractivity contribution >= 4 is 17.8 Å². The number of allylic oxidation sites excluding steroid dienone is 1. The molecule has 5 saturated carbocycles. The molecule has 10 atom stereocenters. The van der Waals surface area contributed by atoms with E-state index in [0.29, 0.717) is 47.5 Å². The summed E-state index contributed by atoms with van der Waals surface area (Å²) >= 11 is 0. The van der Waals surface area contributed by atoms with Gasteiger partial charge < -0.3 is 20.5 Å². The standard InChI is InChI=1S/C48H64N4O5/c1-30(27-49-7)35-16-22-48(43(56)50-25-19-31-10-9-11-32(26-31)41(54)52-29-34-13-12-33(28-51-34)42(55)57-8)24-23-46(5)36(40(35)48)14-15-38-45(4)20-18-39(53)44(2,3)37(45)17-21-47(38,46)6/h9-13,26-28,35-40,53H,14-25,29H2,1-6,8H3,(H,50,56)(H,52,54)/t35-,36?,37?,38?,39-,40?,45-,46+,47+,48-/m0/s1. The van der Waals surface area contributed by atoms with Crippen molar-refractivity contribution in [2.24, 2.45) is 56.7 Å². The summed E-state index contributed by atoms with van der Waals surface area (Å²) in [6, 6.07) is 10.9. The number of aliphatic hydroxyl groups excluding tert-OH is 1. The summed E-state index contributed by atoms with van der Waals surface area (Å²) < 4.78 is 4.73. The minimum atomic E-state index is -0.460. The number of aliphatic hydroxyl groups is 1. The number of benzene rings is 1. The van der Waals surface area contributed by atoms with Gasteiger partial charge in [-0.2, -0.15) is 0 Å². The average Bonchev–Trinajstić information content (AvgIpc) is 3.60. The molecule has 2 amide bonds. The van der Waals surface area contributed by atoms with Gasteiger partial charge in [0.05, 0.1) is 43.0 Å². The van der Waals surface area contributed by atoms with Gasteiger partial charge in [-0.3, -0.25) is 14.6 Å². The summed E-state index contributed by atoms with van der Waals surface area (Å²) in [7, 11) is 1.32. The van der Waals surface area contributed by atoms with Crippen LogP contribution in [-0.2, 0) is 22.5 Å². The number of rotatable bonds is 9. The van der Waals surface area contributed by atoms with Crippen LogP contribution in [0.1, 0.15) is 138 Å². The highest BCUT2D eigenvalue weighted by molar-refractivity contribution is 5.94. The van der Waals surface area contributed by atoms with Crippen molar-refractivity contribution in [3.8, 4) is 0 Å². The van der Waals surface area contributed by atoms with E-state index in [2.05, 4.69) is 62.0 Å². The number of carbonyl (C=O) groups excluding carboxylic acids is 3. The lowest BCUT2D eigenvalue weighted by Crippen LogP contribution is -2.67. The van der Waals surface area contributed by atoms with Crippen LogP contribution < -0.4 is 10.6 Å². The second-order valence-corrected chi connectivity index (χ2v) is 19.8. The average molecular weight is 777 g/mol. The molecule has 5 aliphatic carbocycles. The zero-order valence-corrected chi connectivity index (χ0v) is 35.2. The summed E-state index contributed by atoms with van der Waals surface area (Å²) in [4.78, 5) is 47.6. The van der Waals surface area contributed by atoms with Crippen LogP contribution in [0.25, 0.3) is 4.85 Å². The van der Waals surface area contributed by atoms with Gasteiger partial charge in [0.2, 0.25) is 5.91 Å². The molecule has 7 rings (SSSR count). The van der Waals surface area contributed by atoms with Gasteiger partial charge in [0.15, 0.2) is 6.20 Å². The number of carbonyl (C=O) groups is 3. The third-order valence-electron chi connectivity index (χ3n) is 17.3. The molecule has 57 heavy (non-hydrogen) atoms. The summed E-state index contributed by atoms with van der Waals surface area (Å²) in [6.07, 6.45) is 13.8. The highest BCUT2D eigenvalue weighted by Gasteiger charge is 2.71. The van der Waals surface area contributed by atoms with Crippen molar-refractivity contribution in [2.75, 3.05) is 13.7 Å². The summed E-state index contributed by atoms with van der Waals surface area (Å²) in [5, 5.41) is 17.5. The molecular formula is C48H64N4O5. The number of ether oxygens (including phenoxy) is 1. The summed E-state index contributed by atoms with van der Waals surface area (Å²) in [6.45, 7) is 22.9. The smallest absolute Gasteiger partial charge is 0.339 e. The quantitative estimate of drug-likeness (QED) is 0.173. The number of nitrogens with one attached hydrogen (secondary N) is 2. The Balaban J connectivity index is 1.06. The van der Waals surface area contributed by atoms with Gasteiger partial charge in [-0.15, -0.1) is 0 Å². The molecule has 9 nitrogen and oxygen atoms in total. The molecule has 1 aromatic heterocycles. The van der Waals surface area contributed by atoms with Crippen LogP contribution in [-0.4, -0.2) is 47.6 Å². The topological polar surface area (TPSA) is 122 Å². The number of hydrogen-bond acceptors (Lipinski definition) is 6. The maximum Gasteiger partial charge on any atom is 0.339 e. The highest BCUT2D eigenvalue weighted by atomic mass is 16.5. The second kappa shape index (κ2) is 15.3. The van der Waals surface area contributed by atoms with Crippen LogP contribution in [0.4, 0.5) is 0 Å². The molecule has 3 N–H and O–H groups in total. The fourth-order valence-electron chi connectivity index (χ4n) is 14.1. The zero-order chi connectivity index (χ0) is 41.0. The van der Waals surface area contributed by atoms with Crippen LogP contribution in [0.3, 0.4) is 0 Å². The molecule has 1 aromatic carbocycles. The van der Waals surface area contributed by atoms with Gasteiger partial charge in [-0.25, -0.2) is 9.64 Å². The van der Waals surface area contributed by atoms with E-state index in [1.807, 2.05) is 18.2 Å². The van der Waals surface area contributed by atoms with Crippen molar-refractivity contribution in [1.29, 1.82) is 0 Å². The molecule has 5 fully saturated rings. The molecule has 2 aromatic rings. The third kappa shape index (κ3) is 6.72. The number of nitrogens with zero attached hydrogens (tertiary/aromatic N) is 2. The third-order valence-corrected chi connectivity index (χ3v) is 17.3. The lowest BCUT2D eigenvalue weighted by atomic mass is 9.32. The monoisotopic (exact) mass is 776 g/mol. The van der Waals surface area contributed by atoms with Gasteiger partial charge in [-0.1, -0.05) is 59.2 Å². The Morgan fingerprint density at radius 3 is 2.42 bits per heavy atom. The van der Waals surface area contributed by atoms with E-state index in [9.17, 15) is 19.5 Å². The lowest BCUT2D eigenvalue weighted by Gasteiger charge is -2.72. The minimum absolute atomic E-state index is 0.0855. The molecule has 0 spiro atoms. The van der Waals surface area contributed by atoms with Crippen LogP contribution in [0.2, 0.25) is 0 Å². The van der Waals surface area contributed by atoms with Gasteiger partial charge in [0, 0.05) is 18.3 Å². The molecule has 0 saturated heterocycles. The molecule has 0 aliphatic heterocycles. The lowest BCUT2D eigenvalue weighted by molar-refractivity contribution is -0.246. The fraction of sp³-hybridized carbons (Fsp3) is 0.646. The SMILES string of the molecule is [C-]#[N+]C=C(C)[C@@H]1CC[C@]2(C(=O)NCCc3cccc(C(=O)NCc4ccc(C(=O)OC)cn4)c3)CC[C@]3(C)C(CCC4[C@@]5(C)CC[C@H](O)C(C)(C)C5CC[C@]43C)C12. The first-order chi connectivity index (χ1) is 27.1. The van der Waals surface area contributed by atoms with Crippen LogP contribution in [0.5, 0.6) is 0 Å². The first-order valence-corrected chi connectivity index (χ1v) is 21.5. The number of hydrogen-bond donors (Lipinski definition) is 3. The van der Waals surface area contributed by atoms with E-state index in [0.717, 1.165) is 62.5 Å². The Hall–Kier alpha value is -4.03. The van der Waals surface area contributed by atoms with Gasteiger partial charge in [0.25, 0.3) is 5.91 Å². The Kier molecular flexibility index (Phi) is 11.0. The van der Waals surface area contributed by atoms with E-state index < -0.39 is 11.4 Å².